The van der Waals surface area contributed by atoms with E-state index in [9.17, 15) is 24.9 Å². The third-order valence-corrected chi connectivity index (χ3v) is 4.60. The van der Waals surface area contributed by atoms with Crippen LogP contribution in [0.25, 0.3) is 11.1 Å². The number of carbonyl (C=O) groups excluding carboxylic acids is 2. The van der Waals surface area contributed by atoms with E-state index in [1.54, 1.807) is 30.3 Å². The van der Waals surface area contributed by atoms with Gasteiger partial charge in [0, 0.05) is 11.1 Å². The fourth-order valence-electron chi connectivity index (χ4n) is 3.21. The van der Waals surface area contributed by atoms with Crippen molar-refractivity contribution in [2.75, 3.05) is 7.11 Å². The molecule has 10 nitrogen and oxygen atoms in total. The molecule has 4 atom stereocenters. The van der Waals surface area contributed by atoms with Crippen LogP contribution in [0.1, 0.15) is 32.6 Å². The number of nitrogens with zero attached hydrogens (tertiary/aromatic N) is 2. The number of carbonyl (C=O) groups is 2. The lowest BCUT2D eigenvalue weighted by molar-refractivity contribution is -0.0229. The van der Waals surface area contributed by atoms with Crippen LogP contribution in [0, 0.1) is 0 Å². The van der Waals surface area contributed by atoms with Gasteiger partial charge in [-0.25, -0.2) is 4.79 Å². The zero-order chi connectivity index (χ0) is 21.1. The van der Waals surface area contributed by atoms with Crippen LogP contribution in [-0.2, 0) is 4.74 Å². The largest absolute Gasteiger partial charge is 0.516 e. The number of nitrogens with one attached hydrogen (secondary N) is 1. The van der Waals surface area contributed by atoms with Crippen LogP contribution < -0.4 is 5.32 Å². The SMILES string of the molecule is COC(=O)c1nnc2c(c1-c1ccccc1)C(O)C(C(O)C(O)C=CO)NC2=O. The number of fused-ring (bicyclic) bond motifs is 1. The molecule has 0 aliphatic carbocycles. The molecule has 1 aromatic heterocycles. The molecule has 1 aliphatic heterocycles. The van der Waals surface area contributed by atoms with Crippen LogP contribution in [0.5, 0.6) is 0 Å². The third kappa shape index (κ3) is 3.68. The number of amides is 1. The van der Waals surface area contributed by atoms with Crippen LogP contribution >= 0.6 is 0 Å². The molecule has 0 bridgehead atoms. The number of hydrogen-bond donors (Lipinski definition) is 5. The molecule has 5 N–H and O–H groups in total. The van der Waals surface area contributed by atoms with Gasteiger partial charge in [0.1, 0.15) is 18.3 Å². The lowest BCUT2D eigenvalue weighted by Gasteiger charge is -2.35. The summed E-state index contributed by atoms with van der Waals surface area (Å²) in [5, 5.41) is 50.0. The molecule has 10 heteroatoms. The number of esters is 1. The molecule has 0 fully saturated rings. The minimum atomic E-state index is -1.66. The Hall–Kier alpha value is -3.34. The number of methoxy groups -OCH3 is 1. The molecule has 2 aromatic rings. The molecule has 1 amide bonds. The molecule has 29 heavy (non-hydrogen) atoms. The summed E-state index contributed by atoms with van der Waals surface area (Å²) in [5.41, 5.74) is 0.139. The van der Waals surface area contributed by atoms with Crippen molar-refractivity contribution in [3.63, 3.8) is 0 Å². The van der Waals surface area contributed by atoms with E-state index in [1.807, 2.05) is 0 Å². The molecule has 4 unspecified atom stereocenters. The molecular weight excluding hydrogens is 382 g/mol. The van der Waals surface area contributed by atoms with Crippen LogP contribution in [0.15, 0.2) is 42.7 Å². The predicted molar refractivity (Wildman–Crippen MR) is 98.8 cm³/mol. The zero-order valence-electron chi connectivity index (χ0n) is 15.3. The van der Waals surface area contributed by atoms with Gasteiger partial charge in [0.05, 0.1) is 19.4 Å². The molecule has 0 spiro atoms. The van der Waals surface area contributed by atoms with E-state index in [1.165, 1.54) is 0 Å². The third-order valence-electron chi connectivity index (χ3n) is 4.60. The fourth-order valence-corrected chi connectivity index (χ4v) is 3.21. The second-order valence-electron chi connectivity index (χ2n) is 6.31. The molecule has 0 radical (unpaired) electrons. The van der Waals surface area contributed by atoms with Crippen molar-refractivity contribution in [2.45, 2.75) is 24.4 Å². The normalized spacial score (nSPS) is 20.6. The molecular formula is C19H19N3O7. The summed E-state index contributed by atoms with van der Waals surface area (Å²) < 4.78 is 4.75. The summed E-state index contributed by atoms with van der Waals surface area (Å²) in [5.74, 6) is -1.58. The second kappa shape index (κ2) is 8.35. The number of ether oxygens (including phenoxy) is 1. The summed E-state index contributed by atoms with van der Waals surface area (Å²) in [6, 6.07) is 7.09. The van der Waals surface area contributed by atoms with Crippen molar-refractivity contribution in [3.05, 3.63) is 59.6 Å². The summed E-state index contributed by atoms with van der Waals surface area (Å²) in [7, 11) is 1.16. The van der Waals surface area contributed by atoms with Gasteiger partial charge >= 0.3 is 5.97 Å². The summed E-state index contributed by atoms with van der Waals surface area (Å²) >= 11 is 0. The van der Waals surface area contributed by atoms with Crippen LogP contribution in [0.4, 0.5) is 0 Å². The van der Waals surface area contributed by atoms with E-state index in [4.69, 9.17) is 9.84 Å². The van der Waals surface area contributed by atoms with Crippen molar-refractivity contribution >= 4 is 11.9 Å². The Labute approximate surface area is 165 Å². The molecule has 152 valence electrons. The van der Waals surface area contributed by atoms with Gasteiger partial charge in [-0.05, 0) is 11.6 Å². The first kappa shape index (κ1) is 20.4. The molecule has 1 aliphatic rings. The Morgan fingerprint density at radius 2 is 1.93 bits per heavy atom. The second-order valence-corrected chi connectivity index (χ2v) is 6.31. The highest BCUT2D eigenvalue weighted by Gasteiger charge is 2.42. The quantitative estimate of drug-likeness (QED) is 0.339. The highest BCUT2D eigenvalue weighted by molar-refractivity contribution is 6.02. The number of hydrogen-bond acceptors (Lipinski definition) is 9. The highest BCUT2D eigenvalue weighted by Crippen LogP contribution is 2.37. The smallest absolute Gasteiger partial charge is 0.359 e. The van der Waals surface area contributed by atoms with Crippen molar-refractivity contribution in [1.29, 1.82) is 0 Å². The average molecular weight is 401 g/mol. The fraction of sp³-hybridized carbons (Fsp3) is 0.263. The molecule has 3 rings (SSSR count). The van der Waals surface area contributed by atoms with E-state index >= 15 is 0 Å². The van der Waals surface area contributed by atoms with Crippen molar-refractivity contribution in [3.8, 4) is 11.1 Å². The van der Waals surface area contributed by atoms with Gasteiger partial charge < -0.3 is 30.5 Å². The Morgan fingerprint density at radius 3 is 2.55 bits per heavy atom. The Kier molecular flexibility index (Phi) is 5.87. The highest BCUT2D eigenvalue weighted by atomic mass is 16.5. The maximum Gasteiger partial charge on any atom is 0.359 e. The van der Waals surface area contributed by atoms with Crippen molar-refractivity contribution in [2.24, 2.45) is 0 Å². The van der Waals surface area contributed by atoms with Gasteiger partial charge in [-0.15, -0.1) is 10.2 Å². The van der Waals surface area contributed by atoms with E-state index < -0.39 is 36.2 Å². The van der Waals surface area contributed by atoms with Crippen LogP contribution in [0.3, 0.4) is 0 Å². The van der Waals surface area contributed by atoms with E-state index in [0.29, 0.717) is 11.8 Å². The van der Waals surface area contributed by atoms with Gasteiger partial charge in [-0.3, -0.25) is 4.79 Å². The predicted octanol–water partition coefficient (Wildman–Crippen LogP) is -0.131. The Balaban J connectivity index is 2.22. The lowest BCUT2D eigenvalue weighted by atomic mass is 9.85. The van der Waals surface area contributed by atoms with Gasteiger partial charge in [0.15, 0.2) is 11.4 Å². The molecule has 0 saturated carbocycles. The maximum absolute atomic E-state index is 12.6. The number of benzene rings is 1. The monoisotopic (exact) mass is 401 g/mol. The Bertz CT molecular complexity index is 948. The van der Waals surface area contributed by atoms with Gasteiger partial charge in [0.25, 0.3) is 5.91 Å². The van der Waals surface area contributed by atoms with Gasteiger partial charge in [0.2, 0.25) is 0 Å². The first-order valence-electron chi connectivity index (χ1n) is 8.61. The van der Waals surface area contributed by atoms with E-state index in [2.05, 4.69) is 15.5 Å². The van der Waals surface area contributed by atoms with Gasteiger partial charge in [-0.1, -0.05) is 30.3 Å². The van der Waals surface area contributed by atoms with Gasteiger partial charge in [-0.2, -0.15) is 0 Å². The first-order valence-corrected chi connectivity index (χ1v) is 8.61. The lowest BCUT2D eigenvalue weighted by Crippen LogP contribution is -2.55. The van der Waals surface area contributed by atoms with Crippen molar-refractivity contribution in [1.82, 2.24) is 15.5 Å². The van der Waals surface area contributed by atoms with Crippen LogP contribution in [-0.4, -0.2) is 67.9 Å². The number of aliphatic hydroxyl groups is 4. The topological polar surface area (TPSA) is 162 Å². The molecule has 1 aromatic carbocycles. The Morgan fingerprint density at radius 1 is 1.24 bits per heavy atom. The number of aromatic nitrogens is 2. The maximum atomic E-state index is 12.6. The summed E-state index contributed by atoms with van der Waals surface area (Å²) in [4.78, 5) is 24.8. The standard InChI is InChI=1S/C19H19N3O7/c1-29-19(28)14-11(9-5-3-2-4-6-9)12-13(21-22-14)18(27)20-15(17(12)26)16(25)10(24)7-8-23/h2-8,10,15-17,23-26H,1H3,(H,20,27). The summed E-state index contributed by atoms with van der Waals surface area (Å²) in [6.45, 7) is 0. The average Bonchev–Trinajstić information content (AvgIpc) is 2.75. The van der Waals surface area contributed by atoms with Crippen molar-refractivity contribution < 1.29 is 34.8 Å². The first-order chi connectivity index (χ1) is 13.9. The molecule has 2 heterocycles. The summed E-state index contributed by atoms with van der Waals surface area (Å²) in [6.07, 6.45) is -3.36. The van der Waals surface area contributed by atoms with E-state index in [-0.39, 0.29) is 22.5 Å². The minimum Gasteiger partial charge on any atom is -0.516 e. The minimum absolute atomic E-state index is 0.0282. The van der Waals surface area contributed by atoms with Crippen LogP contribution in [0.2, 0.25) is 0 Å². The zero-order valence-corrected chi connectivity index (χ0v) is 15.3. The molecule has 0 saturated heterocycles. The number of aliphatic hydroxyl groups excluding tert-OH is 4. The van der Waals surface area contributed by atoms with E-state index in [0.717, 1.165) is 13.2 Å². The number of rotatable bonds is 5.